The second kappa shape index (κ2) is 8.04. The number of rotatable bonds is 3. The number of halogens is 2. The van der Waals surface area contributed by atoms with Gasteiger partial charge in [-0.2, -0.15) is 9.78 Å². The zero-order valence-electron chi connectivity index (χ0n) is 17.4. The number of aryl methyl sites for hydroxylation is 2. The van der Waals surface area contributed by atoms with E-state index in [-0.39, 0.29) is 18.2 Å². The molecule has 0 radical (unpaired) electrons. The molecule has 0 spiro atoms. The Kier molecular flexibility index (Phi) is 5.19. The lowest BCUT2D eigenvalue weighted by Gasteiger charge is -2.25. The van der Waals surface area contributed by atoms with Crippen LogP contribution in [0.15, 0.2) is 54.6 Å². The lowest BCUT2D eigenvalue weighted by Crippen LogP contribution is -2.25. The molecule has 2 aromatic heterocycles. The van der Waals surface area contributed by atoms with E-state index in [1.54, 1.807) is 10.7 Å². The minimum absolute atomic E-state index is 0.135. The monoisotopic (exact) mass is 463 g/mol. The summed E-state index contributed by atoms with van der Waals surface area (Å²) in [5.41, 5.74) is 4.94. The molecule has 1 unspecified atom stereocenters. The molecule has 1 N–H and O–H groups in total. The molecular formula is C24H19Cl2N5O. The fraction of sp³-hybridized carbons (Fsp3) is 0.167. The number of carbonyl (C=O) groups excluding carboxylic acids is 1. The van der Waals surface area contributed by atoms with Gasteiger partial charge in [0.15, 0.2) is 0 Å². The number of hydrogen-bond acceptors (Lipinski definition) is 4. The molecule has 8 heteroatoms. The third-order valence-electron chi connectivity index (χ3n) is 5.48. The summed E-state index contributed by atoms with van der Waals surface area (Å²) in [5.74, 6) is 0.494. The summed E-state index contributed by atoms with van der Waals surface area (Å²) in [6.45, 7) is 3.80. The van der Waals surface area contributed by atoms with Crippen LogP contribution in [0.2, 0.25) is 10.0 Å². The van der Waals surface area contributed by atoms with Crippen molar-refractivity contribution >= 4 is 34.9 Å². The standard InChI is InChI=1S/C24H19Cl2N5O/c1-13-11-14(2)28-24(27-13)31-23-20(22(30-31)15-7-4-3-5-8-15)17(12-19(32)29-23)16-9-6-10-18(25)21(16)26/h3-11,17H,12H2,1-2H3,(H,29,32). The van der Waals surface area contributed by atoms with Gasteiger partial charge in [0.2, 0.25) is 5.91 Å². The summed E-state index contributed by atoms with van der Waals surface area (Å²) < 4.78 is 1.61. The normalized spacial score (nSPS) is 15.4. The summed E-state index contributed by atoms with van der Waals surface area (Å²) in [7, 11) is 0. The summed E-state index contributed by atoms with van der Waals surface area (Å²) in [6, 6.07) is 17.2. The topological polar surface area (TPSA) is 72.7 Å². The van der Waals surface area contributed by atoms with E-state index >= 15 is 0 Å². The fourth-order valence-electron chi connectivity index (χ4n) is 4.16. The second-order valence-electron chi connectivity index (χ2n) is 7.79. The van der Waals surface area contributed by atoms with Crippen LogP contribution >= 0.6 is 23.2 Å². The number of fused-ring (bicyclic) bond motifs is 1. The van der Waals surface area contributed by atoms with Crippen molar-refractivity contribution in [1.82, 2.24) is 19.7 Å². The van der Waals surface area contributed by atoms with Crippen molar-refractivity contribution in [2.45, 2.75) is 26.2 Å². The molecule has 1 aliphatic rings. The van der Waals surface area contributed by atoms with Gasteiger partial charge in [-0.05, 0) is 31.5 Å². The molecule has 0 fully saturated rings. The lowest BCUT2D eigenvalue weighted by atomic mass is 9.84. The summed E-state index contributed by atoms with van der Waals surface area (Å²) in [4.78, 5) is 21.9. The molecule has 0 saturated heterocycles. The smallest absolute Gasteiger partial charge is 0.252 e. The van der Waals surface area contributed by atoms with Gasteiger partial charge in [0.05, 0.1) is 15.7 Å². The lowest BCUT2D eigenvalue weighted by molar-refractivity contribution is -0.116. The SMILES string of the molecule is Cc1cc(C)nc(-n2nc(-c3ccccc3)c3c2NC(=O)CC3c2cccc(Cl)c2Cl)n1. The van der Waals surface area contributed by atoms with Crippen molar-refractivity contribution in [2.24, 2.45) is 0 Å². The highest BCUT2D eigenvalue weighted by atomic mass is 35.5. The molecule has 5 rings (SSSR count). The Labute approximate surface area is 195 Å². The highest BCUT2D eigenvalue weighted by Gasteiger charge is 2.36. The number of anilines is 1. The molecule has 32 heavy (non-hydrogen) atoms. The molecule has 1 atom stereocenters. The van der Waals surface area contributed by atoms with Crippen molar-refractivity contribution in [3.05, 3.63) is 87.2 Å². The molecular weight excluding hydrogens is 445 g/mol. The van der Waals surface area contributed by atoms with Crippen molar-refractivity contribution in [2.75, 3.05) is 5.32 Å². The number of aromatic nitrogens is 4. The predicted octanol–water partition coefficient (Wildman–Crippen LogP) is 5.73. The van der Waals surface area contributed by atoms with Gasteiger partial charge in [-0.1, -0.05) is 65.7 Å². The number of nitrogens with one attached hydrogen (secondary N) is 1. The van der Waals surface area contributed by atoms with Gasteiger partial charge in [-0.15, -0.1) is 0 Å². The quantitative estimate of drug-likeness (QED) is 0.421. The molecule has 6 nitrogen and oxygen atoms in total. The van der Waals surface area contributed by atoms with Gasteiger partial charge in [-0.3, -0.25) is 4.79 Å². The molecule has 2 aromatic carbocycles. The summed E-state index contributed by atoms with van der Waals surface area (Å²) in [6.07, 6.45) is 0.228. The Morgan fingerprint density at radius 1 is 1.00 bits per heavy atom. The first kappa shape index (κ1) is 20.7. The maximum Gasteiger partial charge on any atom is 0.252 e. The molecule has 3 heterocycles. The Bertz CT molecular complexity index is 1330. The van der Waals surface area contributed by atoms with E-state index in [1.165, 1.54) is 0 Å². The molecule has 0 saturated carbocycles. The zero-order chi connectivity index (χ0) is 22.4. The van der Waals surface area contributed by atoms with E-state index < -0.39 is 0 Å². The van der Waals surface area contributed by atoms with E-state index in [9.17, 15) is 4.79 Å². The predicted molar refractivity (Wildman–Crippen MR) is 126 cm³/mol. The van der Waals surface area contributed by atoms with E-state index in [0.717, 1.165) is 33.8 Å². The Morgan fingerprint density at radius 3 is 2.44 bits per heavy atom. The second-order valence-corrected chi connectivity index (χ2v) is 8.57. The van der Waals surface area contributed by atoms with Crippen LogP contribution < -0.4 is 5.32 Å². The van der Waals surface area contributed by atoms with Gasteiger partial charge in [-0.25, -0.2) is 9.97 Å². The van der Waals surface area contributed by atoms with Gasteiger partial charge in [0.1, 0.15) is 5.82 Å². The maximum atomic E-state index is 12.8. The van der Waals surface area contributed by atoms with Crippen molar-refractivity contribution in [1.29, 1.82) is 0 Å². The summed E-state index contributed by atoms with van der Waals surface area (Å²) >= 11 is 12.9. The van der Waals surface area contributed by atoms with E-state index in [0.29, 0.717) is 21.8 Å². The first-order chi connectivity index (χ1) is 15.4. The number of hydrogen-bond donors (Lipinski definition) is 1. The van der Waals surface area contributed by atoms with E-state index in [4.69, 9.17) is 28.3 Å². The van der Waals surface area contributed by atoms with E-state index in [2.05, 4.69) is 15.3 Å². The Balaban J connectivity index is 1.81. The number of nitrogens with zero attached hydrogens (tertiary/aromatic N) is 4. The fourth-order valence-corrected chi connectivity index (χ4v) is 4.60. The average molecular weight is 464 g/mol. The number of amides is 1. The van der Waals surface area contributed by atoms with Crippen molar-refractivity contribution in [3.63, 3.8) is 0 Å². The molecule has 1 aliphatic heterocycles. The minimum Gasteiger partial charge on any atom is -0.310 e. The molecule has 4 aromatic rings. The highest BCUT2D eigenvalue weighted by Crippen LogP contribution is 2.46. The van der Waals surface area contributed by atoms with Crippen LogP contribution in [0.3, 0.4) is 0 Å². The molecule has 0 aliphatic carbocycles. The third kappa shape index (κ3) is 3.55. The van der Waals surface area contributed by atoms with Crippen molar-refractivity contribution in [3.8, 4) is 17.2 Å². The van der Waals surface area contributed by atoms with Crippen LogP contribution in [0, 0.1) is 13.8 Å². The van der Waals surface area contributed by atoms with Crippen LogP contribution in [0.1, 0.15) is 34.9 Å². The molecule has 160 valence electrons. The number of benzene rings is 2. The van der Waals surface area contributed by atoms with Crippen LogP contribution in [-0.2, 0) is 4.79 Å². The van der Waals surface area contributed by atoms with Crippen LogP contribution in [0.4, 0.5) is 5.82 Å². The Hall–Kier alpha value is -3.22. The summed E-state index contributed by atoms with van der Waals surface area (Å²) in [5, 5.41) is 8.76. The average Bonchev–Trinajstić information content (AvgIpc) is 3.14. The van der Waals surface area contributed by atoms with Gasteiger partial charge >= 0.3 is 0 Å². The zero-order valence-corrected chi connectivity index (χ0v) is 18.9. The van der Waals surface area contributed by atoms with Crippen LogP contribution in [0.5, 0.6) is 0 Å². The Morgan fingerprint density at radius 2 is 1.72 bits per heavy atom. The van der Waals surface area contributed by atoms with Crippen molar-refractivity contribution < 1.29 is 4.79 Å². The van der Waals surface area contributed by atoms with Gasteiger partial charge in [0.25, 0.3) is 5.95 Å². The van der Waals surface area contributed by atoms with Gasteiger partial charge in [0, 0.05) is 34.9 Å². The molecule has 1 amide bonds. The van der Waals surface area contributed by atoms with E-state index in [1.807, 2.05) is 62.4 Å². The first-order valence-electron chi connectivity index (χ1n) is 10.2. The van der Waals surface area contributed by atoms with Gasteiger partial charge < -0.3 is 5.32 Å². The number of carbonyl (C=O) groups is 1. The highest BCUT2D eigenvalue weighted by molar-refractivity contribution is 6.42. The maximum absolute atomic E-state index is 12.8. The van der Waals surface area contributed by atoms with Crippen LogP contribution in [-0.4, -0.2) is 25.7 Å². The van der Waals surface area contributed by atoms with Crippen LogP contribution in [0.25, 0.3) is 17.2 Å². The largest absolute Gasteiger partial charge is 0.310 e. The minimum atomic E-state index is -0.320. The molecule has 0 bridgehead atoms. The first-order valence-corrected chi connectivity index (χ1v) is 10.9. The third-order valence-corrected chi connectivity index (χ3v) is 6.32.